The van der Waals surface area contributed by atoms with Crippen molar-refractivity contribution in [2.45, 2.75) is 66.3 Å². The van der Waals surface area contributed by atoms with Gasteiger partial charge in [-0.1, -0.05) is 44.5 Å². The van der Waals surface area contributed by atoms with Crippen molar-refractivity contribution in [3.05, 3.63) is 33.8 Å². The maximum absolute atomic E-state index is 6.26. The molecule has 0 aliphatic rings. The van der Waals surface area contributed by atoms with Gasteiger partial charge in [0.15, 0.2) is 5.96 Å². The second-order valence-corrected chi connectivity index (χ2v) is 5.41. The zero-order chi connectivity index (χ0) is 16.4. The molecule has 1 rings (SSSR count). The van der Waals surface area contributed by atoms with Gasteiger partial charge in [0.05, 0.1) is 6.04 Å². The molecule has 0 saturated heterocycles. The summed E-state index contributed by atoms with van der Waals surface area (Å²) in [6.07, 6.45) is 4.07. The van der Waals surface area contributed by atoms with E-state index in [1.165, 1.54) is 11.1 Å². The van der Waals surface area contributed by atoms with Crippen LogP contribution in [0.3, 0.4) is 0 Å². The van der Waals surface area contributed by atoms with Gasteiger partial charge in [0.1, 0.15) is 0 Å². The highest BCUT2D eigenvalue weighted by atomic mass is 35.5. The minimum absolute atomic E-state index is 0.170. The average Bonchev–Trinajstić information content (AvgIpc) is 2.44. The number of aryl methyl sites for hydroxylation is 3. The molecule has 0 heterocycles. The van der Waals surface area contributed by atoms with Crippen LogP contribution in [0.25, 0.3) is 0 Å². The van der Waals surface area contributed by atoms with Crippen LogP contribution >= 0.6 is 11.6 Å². The smallest absolute Gasteiger partial charge is 0.186 e. The van der Waals surface area contributed by atoms with E-state index in [1.54, 1.807) is 0 Å². The summed E-state index contributed by atoms with van der Waals surface area (Å²) in [6, 6.07) is 4.57. The molecule has 3 nitrogen and oxygen atoms in total. The second-order valence-electron chi connectivity index (χ2n) is 5.03. The molecule has 0 amide bonds. The minimum atomic E-state index is 0.170. The molecular weight excluding hydrogens is 282 g/mol. The van der Waals surface area contributed by atoms with Gasteiger partial charge in [0.2, 0.25) is 0 Å². The highest BCUT2D eigenvalue weighted by molar-refractivity contribution is 6.32. The van der Waals surface area contributed by atoms with E-state index in [9.17, 15) is 0 Å². The summed E-state index contributed by atoms with van der Waals surface area (Å²) in [4.78, 5) is 4.13. The van der Waals surface area contributed by atoms with Crippen LogP contribution in [0, 0.1) is 6.92 Å². The third-order valence-corrected chi connectivity index (χ3v) is 3.77. The Bertz CT molecular complexity index is 452. The Balaban J connectivity index is 0.00000191. The monoisotopic (exact) mass is 311 g/mol. The predicted octanol–water partition coefficient (Wildman–Crippen LogP) is 4.22. The predicted molar refractivity (Wildman–Crippen MR) is 95.1 cm³/mol. The molecule has 0 fully saturated rings. The fourth-order valence-corrected chi connectivity index (χ4v) is 2.49. The third kappa shape index (κ3) is 7.37. The normalized spacial score (nSPS) is 11.3. The second kappa shape index (κ2) is 10.5. The van der Waals surface area contributed by atoms with Crippen LogP contribution in [-0.2, 0) is 12.8 Å². The lowest BCUT2D eigenvalue weighted by Gasteiger charge is -2.10. The zero-order valence-electron chi connectivity index (χ0n) is 14.0. The molecule has 120 valence electrons. The Hall–Kier alpha value is -1.22. The summed E-state index contributed by atoms with van der Waals surface area (Å²) in [5, 5.41) is 0.903. The van der Waals surface area contributed by atoms with Gasteiger partial charge < -0.3 is 11.5 Å². The van der Waals surface area contributed by atoms with Gasteiger partial charge in [-0.15, -0.1) is 0 Å². The lowest BCUT2D eigenvalue weighted by atomic mass is 10.00. The van der Waals surface area contributed by atoms with Crippen molar-refractivity contribution in [2.24, 2.45) is 16.5 Å². The van der Waals surface area contributed by atoms with Crippen LogP contribution in [-0.4, -0.2) is 12.0 Å². The van der Waals surface area contributed by atoms with Crippen molar-refractivity contribution in [1.29, 1.82) is 0 Å². The first kappa shape index (κ1) is 19.8. The Labute approximate surface area is 134 Å². The lowest BCUT2D eigenvalue weighted by molar-refractivity contribution is 0.625. The van der Waals surface area contributed by atoms with E-state index in [0.29, 0.717) is 0 Å². The number of nitrogens with zero attached hydrogens (tertiary/aromatic N) is 1. The van der Waals surface area contributed by atoms with Crippen LogP contribution in [0.4, 0.5) is 0 Å². The molecule has 0 aliphatic heterocycles. The summed E-state index contributed by atoms with van der Waals surface area (Å²) < 4.78 is 0. The molecule has 0 aromatic heterocycles. The molecule has 0 spiro atoms. The van der Waals surface area contributed by atoms with E-state index in [0.717, 1.165) is 36.3 Å². The number of rotatable bonds is 6. The average molecular weight is 312 g/mol. The summed E-state index contributed by atoms with van der Waals surface area (Å²) in [5.41, 5.74) is 14.5. The number of hydrogen-bond acceptors (Lipinski definition) is 1. The highest BCUT2D eigenvalue weighted by Crippen LogP contribution is 2.24. The Morgan fingerprint density at radius 3 is 2.43 bits per heavy atom. The molecule has 0 aliphatic carbocycles. The number of halogens is 1. The van der Waals surface area contributed by atoms with Gasteiger partial charge in [0, 0.05) is 5.02 Å². The minimum Gasteiger partial charge on any atom is -0.370 e. The molecule has 4 N–H and O–H groups in total. The van der Waals surface area contributed by atoms with Crippen molar-refractivity contribution in [3.8, 4) is 0 Å². The van der Waals surface area contributed by atoms with Gasteiger partial charge in [0.25, 0.3) is 0 Å². The summed E-state index contributed by atoms with van der Waals surface area (Å²) >= 11 is 6.26. The van der Waals surface area contributed by atoms with Gasteiger partial charge in [-0.3, -0.25) is 4.99 Å². The molecule has 0 radical (unpaired) electrons. The number of hydrogen-bond donors (Lipinski definition) is 2. The maximum Gasteiger partial charge on any atom is 0.186 e. The van der Waals surface area contributed by atoms with Gasteiger partial charge in [-0.25, -0.2) is 0 Å². The standard InChI is InChI=1S/C15H24ClN3.C2H6/c1-4-13-9-12(8-10(2)14(13)16)7-5-6-11(3)19-15(17)18;1-2/h8-9,11H,4-7H2,1-3H3,(H4,17,18,19);1-2H3/t11-;/m0./s1. The van der Waals surface area contributed by atoms with E-state index in [-0.39, 0.29) is 12.0 Å². The number of aliphatic imine (C=N–C) groups is 1. The van der Waals surface area contributed by atoms with Gasteiger partial charge in [-0.2, -0.15) is 0 Å². The molecule has 1 aromatic rings. The van der Waals surface area contributed by atoms with Crippen LogP contribution < -0.4 is 11.5 Å². The van der Waals surface area contributed by atoms with E-state index in [2.05, 4.69) is 31.0 Å². The molecule has 0 bridgehead atoms. The maximum atomic E-state index is 6.26. The van der Waals surface area contributed by atoms with Crippen molar-refractivity contribution in [3.63, 3.8) is 0 Å². The molecule has 21 heavy (non-hydrogen) atoms. The topological polar surface area (TPSA) is 64.4 Å². The molecule has 0 unspecified atom stereocenters. The molecule has 1 atom stereocenters. The largest absolute Gasteiger partial charge is 0.370 e. The quantitative estimate of drug-likeness (QED) is 0.610. The first-order valence-corrected chi connectivity index (χ1v) is 8.18. The summed E-state index contributed by atoms with van der Waals surface area (Å²) in [5.74, 6) is 0.170. The summed E-state index contributed by atoms with van der Waals surface area (Å²) in [7, 11) is 0. The number of nitrogens with two attached hydrogens (primary N) is 2. The fraction of sp³-hybridized carbons (Fsp3) is 0.588. The molecule has 1 aromatic carbocycles. The SMILES string of the molecule is CC.CCc1cc(CCC[C@H](C)N=C(N)N)cc(C)c1Cl. The Morgan fingerprint density at radius 2 is 1.90 bits per heavy atom. The van der Waals surface area contributed by atoms with Crippen LogP contribution in [0.2, 0.25) is 5.02 Å². The molecular formula is C17H30ClN3. The van der Waals surface area contributed by atoms with Crippen molar-refractivity contribution >= 4 is 17.6 Å². The highest BCUT2D eigenvalue weighted by Gasteiger charge is 2.06. The molecule has 0 saturated carbocycles. The van der Waals surface area contributed by atoms with E-state index in [4.69, 9.17) is 23.1 Å². The molecule has 4 heteroatoms. The first-order valence-electron chi connectivity index (χ1n) is 7.80. The van der Waals surface area contributed by atoms with Gasteiger partial charge >= 0.3 is 0 Å². The van der Waals surface area contributed by atoms with E-state index >= 15 is 0 Å². The number of benzene rings is 1. The van der Waals surface area contributed by atoms with Crippen molar-refractivity contribution in [2.75, 3.05) is 0 Å². The van der Waals surface area contributed by atoms with E-state index < -0.39 is 0 Å². The Morgan fingerprint density at radius 1 is 1.29 bits per heavy atom. The fourth-order valence-electron chi connectivity index (χ4n) is 2.25. The first-order chi connectivity index (χ1) is 9.93. The lowest BCUT2D eigenvalue weighted by Crippen LogP contribution is -2.24. The van der Waals surface area contributed by atoms with Crippen LogP contribution in [0.5, 0.6) is 0 Å². The Kier molecular flexibility index (Phi) is 9.89. The van der Waals surface area contributed by atoms with Crippen molar-refractivity contribution < 1.29 is 0 Å². The van der Waals surface area contributed by atoms with Crippen LogP contribution in [0.15, 0.2) is 17.1 Å². The third-order valence-electron chi connectivity index (χ3n) is 3.23. The van der Waals surface area contributed by atoms with Crippen LogP contribution in [0.1, 0.15) is 57.2 Å². The zero-order valence-corrected chi connectivity index (χ0v) is 14.8. The summed E-state index contributed by atoms with van der Waals surface area (Å²) in [6.45, 7) is 10.2. The van der Waals surface area contributed by atoms with Crippen molar-refractivity contribution in [1.82, 2.24) is 0 Å². The number of guanidine groups is 1. The van der Waals surface area contributed by atoms with E-state index in [1.807, 2.05) is 20.8 Å². The van der Waals surface area contributed by atoms with Gasteiger partial charge in [-0.05, 0) is 56.2 Å².